The molecule has 0 atom stereocenters. The molecule has 0 aliphatic heterocycles. The molecule has 0 fully saturated rings. The number of imidazole rings is 1. The van der Waals surface area contributed by atoms with Gasteiger partial charge in [-0.25, -0.2) is 9.97 Å². The van der Waals surface area contributed by atoms with Gasteiger partial charge in [0.2, 0.25) is 11.8 Å². The molecule has 0 unspecified atom stereocenters. The Morgan fingerprint density at radius 3 is 2.73 bits per heavy atom. The van der Waals surface area contributed by atoms with Crippen LogP contribution in [0.5, 0.6) is 5.88 Å². The Morgan fingerprint density at radius 2 is 2.03 bits per heavy atom. The molecule has 4 heterocycles. The molecule has 4 rings (SSSR count). The van der Waals surface area contributed by atoms with Crippen molar-refractivity contribution in [1.82, 2.24) is 19.5 Å². The molecular formula is C22H18N6O2. The van der Waals surface area contributed by atoms with Gasteiger partial charge in [0.25, 0.3) is 0 Å². The Morgan fingerprint density at radius 1 is 1.23 bits per heavy atom. The molecule has 30 heavy (non-hydrogen) atoms. The second-order valence-corrected chi connectivity index (χ2v) is 6.85. The summed E-state index contributed by atoms with van der Waals surface area (Å²) in [6.45, 7) is 5.65. The van der Waals surface area contributed by atoms with E-state index in [4.69, 9.17) is 9.15 Å². The average Bonchev–Trinajstić information content (AvgIpc) is 3.40. The van der Waals surface area contributed by atoms with Crippen LogP contribution in [-0.4, -0.2) is 26.6 Å². The summed E-state index contributed by atoms with van der Waals surface area (Å²) in [4.78, 5) is 11.8. The van der Waals surface area contributed by atoms with Crippen LogP contribution in [0.15, 0.2) is 28.8 Å². The number of hydrogen-bond acceptors (Lipinski definition) is 6. The zero-order valence-corrected chi connectivity index (χ0v) is 16.9. The minimum atomic E-state index is 0.376. The number of ether oxygens (including phenoxy) is 1. The molecule has 8 nitrogen and oxygen atoms in total. The lowest BCUT2D eigenvalue weighted by Crippen LogP contribution is -1.99. The summed E-state index contributed by atoms with van der Waals surface area (Å²) in [5.41, 5.74) is 4.78. The Hall–Kier alpha value is -4.30. The summed E-state index contributed by atoms with van der Waals surface area (Å²) in [6, 6.07) is 9.74. The van der Waals surface area contributed by atoms with E-state index in [2.05, 4.69) is 27.1 Å². The van der Waals surface area contributed by atoms with Crippen molar-refractivity contribution in [2.45, 2.75) is 20.8 Å². The third kappa shape index (κ3) is 3.11. The highest BCUT2D eigenvalue weighted by molar-refractivity contribution is 5.90. The van der Waals surface area contributed by atoms with Gasteiger partial charge in [0, 0.05) is 17.5 Å². The molecule has 4 aromatic rings. The third-order valence-corrected chi connectivity index (χ3v) is 4.86. The number of furan rings is 1. The Labute approximate surface area is 172 Å². The van der Waals surface area contributed by atoms with Crippen LogP contribution in [0.4, 0.5) is 0 Å². The van der Waals surface area contributed by atoms with Crippen molar-refractivity contribution >= 4 is 22.7 Å². The number of rotatable bonds is 4. The fraction of sp³-hybridized carbons (Fsp3) is 0.182. The molecule has 1 N–H and O–H groups in total. The lowest BCUT2D eigenvalue weighted by Gasteiger charge is -2.06. The first-order chi connectivity index (χ1) is 14.4. The molecule has 0 saturated heterocycles. The molecule has 0 spiro atoms. The first kappa shape index (κ1) is 19.0. The molecule has 0 aromatic carbocycles. The predicted molar refractivity (Wildman–Crippen MR) is 111 cm³/mol. The van der Waals surface area contributed by atoms with E-state index in [9.17, 15) is 10.5 Å². The second kappa shape index (κ2) is 7.26. The number of H-pyrrole nitrogens is 1. The van der Waals surface area contributed by atoms with Crippen LogP contribution in [0.3, 0.4) is 0 Å². The van der Waals surface area contributed by atoms with Gasteiger partial charge in [-0.1, -0.05) is 0 Å². The molecule has 0 aliphatic rings. The number of aromatic amines is 1. The van der Waals surface area contributed by atoms with Crippen LogP contribution in [-0.2, 0) is 0 Å². The number of nitrogens with zero attached hydrogens (tertiary/aromatic N) is 5. The van der Waals surface area contributed by atoms with Crippen molar-refractivity contribution in [2.24, 2.45) is 0 Å². The first-order valence-electron chi connectivity index (χ1n) is 9.17. The number of aryl methyl sites for hydroxylation is 2. The minimum Gasteiger partial charge on any atom is -0.481 e. The maximum atomic E-state index is 9.75. The number of aromatic nitrogens is 4. The summed E-state index contributed by atoms with van der Waals surface area (Å²) in [5.74, 6) is 2.03. The lowest BCUT2D eigenvalue weighted by atomic mass is 10.1. The van der Waals surface area contributed by atoms with E-state index in [1.54, 1.807) is 31.3 Å². The average molecular weight is 398 g/mol. The normalized spacial score (nSPS) is 11.5. The summed E-state index contributed by atoms with van der Waals surface area (Å²) >= 11 is 0. The van der Waals surface area contributed by atoms with Gasteiger partial charge in [-0.3, -0.25) is 4.57 Å². The van der Waals surface area contributed by atoms with Gasteiger partial charge in [-0.2, -0.15) is 10.5 Å². The number of fused-ring (bicyclic) bond motifs is 1. The van der Waals surface area contributed by atoms with Crippen molar-refractivity contribution < 1.29 is 9.15 Å². The van der Waals surface area contributed by atoms with Crippen LogP contribution in [0.2, 0.25) is 0 Å². The van der Waals surface area contributed by atoms with Crippen molar-refractivity contribution in [3.8, 4) is 23.9 Å². The molecule has 0 aliphatic carbocycles. The van der Waals surface area contributed by atoms with E-state index >= 15 is 0 Å². The number of allylic oxidation sites excluding steroid dienone is 1. The van der Waals surface area contributed by atoms with Crippen LogP contribution in [0.1, 0.15) is 34.1 Å². The smallest absolute Gasteiger partial charge is 0.222 e. The number of nitrogens with one attached hydrogen (secondary N) is 1. The van der Waals surface area contributed by atoms with Gasteiger partial charge < -0.3 is 14.1 Å². The van der Waals surface area contributed by atoms with Gasteiger partial charge in [0.05, 0.1) is 29.9 Å². The van der Waals surface area contributed by atoms with Crippen molar-refractivity contribution in [3.05, 3.63) is 58.5 Å². The fourth-order valence-electron chi connectivity index (χ4n) is 3.43. The lowest BCUT2D eigenvalue weighted by molar-refractivity contribution is 0.398. The second-order valence-electron chi connectivity index (χ2n) is 6.85. The zero-order valence-electron chi connectivity index (χ0n) is 16.9. The van der Waals surface area contributed by atoms with E-state index in [0.717, 1.165) is 17.0 Å². The molecule has 0 saturated carbocycles. The quantitative estimate of drug-likeness (QED) is 0.515. The van der Waals surface area contributed by atoms with Gasteiger partial charge >= 0.3 is 0 Å². The topological polar surface area (TPSA) is 116 Å². The number of methoxy groups -OCH3 is 1. The van der Waals surface area contributed by atoms with Gasteiger partial charge in [-0.15, -0.1) is 0 Å². The minimum absolute atomic E-state index is 0.376. The third-order valence-electron chi connectivity index (χ3n) is 4.86. The van der Waals surface area contributed by atoms with Crippen LogP contribution in [0.25, 0.3) is 28.6 Å². The zero-order chi connectivity index (χ0) is 21.4. The van der Waals surface area contributed by atoms with E-state index < -0.39 is 0 Å². The summed E-state index contributed by atoms with van der Waals surface area (Å²) in [7, 11) is 1.54. The van der Waals surface area contributed by atoms with Crippen LogP contribution < -0.4 is 4.74 Å². The Kier molecular flexibility index (Phi) is 4.61. The molecular weight excluding hydrogens is 380 g/mol. The maximum Gasteiger partial charge on any atom is 0.222 e. The standard InChI is InChI=1S/C22H18N6O2/c1-12-5-15(14(3)28(12)22-17(10-24)6-13(2)30-22)7-16(9-23)21-26-18-8-20(29-4)25-11-19(18)27-21/h5-8,11H,1-4H3,(H,26,27)/b16-7+. The first-order valence-corrected chi connectivity index (χ1v) is 9.17. The van der Waals surface area contributed by atoms with Gasteiger partial charge in [-0.05, 0) is 44.5 Å². The van der Waals surface area contributed by atoms with E-state index in [1.807, 2.05) is 24.5 Å². The highest BCUT2D eigenvalue weighted by Gasteiger charge is 2.18. The van der Waals surface area contributed by atoms with Crippen LogP contribution >= 0.6 is 0 Å². The molecule has 0 amide bonds. The Balaban J connectivity index is 1.81. The maximum absolute atomic E-state index is 9.75. The predicted octanol–water partition coefficient (Wildman–Crippen LogP) is 4.21. The van der Waals surface area contributed by atoms with Crippen LogP contribution in [0, 0.1) is 43.4 Å². The van der Waals surface area contributed by atoms with Gasteiger partial charge in [0.15, 0.2) is 0 Å². The number of nitriles is 2. The Bertz CT molecular complexity index is 1390. The number of pyridine rings is 1. The summed E-state index contributed by atoms with van der Waals surface area (Å²) in [5, 5.41) is 19.2. The van der Waals surface area contributed by atoms with Crippen molar-refractivity contribution in [3.63, 3.8) is 0 Å². The molecule has 8 heteroatoms. The van der Waals surface area contributed by atoms with Crippen molar-refractivity contribution in [1.29, 1.82) is 10.5 Å². The SMILES string of the molecule is COc1cc2nc(/C(C#N)=C/c3cc(C)n(-c4oc(C)cc4C#N)c3C)[nH]c2cn1. The van der Waals surface area contributed by atoms with E-state index in [1.165, 1.54) is 7.11 Å². The monoisotopic (exact) mass is 398 g/mol. The van der Waals surface area contributed by atoms with Gasteiger partial charge in [0.1, 0.15) is 29.3 Å². The van der Waals surface area contributed by atoms with Crippen molar-refractivity contribution in [2.75, 3.05) is 7.11 Å². The highest BCUT2D eigenvalue weighted by atomic mass is 16.5. The summed E-state index contributed by atoms with van der Waals surface area (Å²) < 4.78 is 12.8. The fourth-order valence-corrected chi connectivity index (χ4v) is 3.43. The largest absolute Gasteiger partial charge is 0.481 e. The summed E-state index contributed by atoms with van der Waals surface area (Å²) in [6.07, 6.45) is 3.39. The number of hydrogen-bond donors (Lipinski definition) is 1. The molecule has 4 aromatic heterocycles. The molecule has 0 radical (unpaired) electrons. The van der Waals surface area contributed by atoms with E-state index in [0.29, 0.717) is 45.5 Å². The van der Waals surface area contributed by atoms with E-state index in [-0.39, 0.29) is 0 Å². The molecule has 0 bridgehead atoms. The highest BCUT2D eigenvalue weighted by Crippen LogP contribution is 2.28. The molecule has 148 valence electrons.